The van der Waals surface area contributed by atoms with Crippen LogP contribution in [-0.2, 0) is 0 Å². The van der Waals surface area contributed by atoms with Crippen molar-refractivity contribution >= 4 is 0 Å². The number of rotatable bonds is 6. The van der Waals surface area contributed by atoms with Gasteiger partial charge in [-0.1, -0.05) is 6.92 Å². The van der Waals surface area contributed by atoms with Crippen LogP contribution in [0.1, 0.15) is 40.0 Å². The van der Waals surface area contributed by atoms with Gasteiger partial charge in [0.25, 0.3) is 0 Å². The van der Waals surface area contributed by atoms with Gasteiger partial charge in [-0.15, -0.1) is 0 Å². The van der Waals surface area contributed by atoms with E-state index in [0.717, 1.165) is 32.7 Å². The largest absolute Gasteiger partial charge is 0.298 e. The maximum atomic E-state index is 9.42. The quantitative estimate of drug-likeness (QED) is 0.788. The molecule has 0 bridgehead atoms. The first kappa shape index (κ1) is 14.8. The van der Waals surface area contributed by atoms with E-state index in [1.807, 2.05) is 6.92 Å². The highest BCUT2D eigenvalue weighted by Crippen LogP contribution is 2.23. The molecule has 2 unspecified atom stereocenters. The summed E-state index contributed by atoms with van der Waals surface area (Å²) in [6, 6.07) is 3.75. The normalized spacial score (nSPS) is 26.6. The van der Waals surface area contributed by atoms with Crippen molar-refractivity contribution in [3.8, 4) is 6.07 Å². The second kappa shape index (κ2) is 6.21. The van der Waals surface area contributed by atoms with Crippen LogP contribution in [0.2, 0.25) is 0 Å². The molecule has 19 heavy (non-hydrogen) atoms. The molecule has 1 aliphatic heterocycles. The van der Waals surface area contributed by atoms with Gasteiger partial charge in [0.2, 0.25) is 0 Å². The van der Waals surface area contributed by atoms with Crippen molar-refractivity contribution in [2.75, 3.05) is 32.7 Å². The van der Waals surface area contributed by atoms with E-state index in [9.17, 15) is 5.26 Å². The smallest absolute Gasteiger partial charge is 0.116 e. The summed E-state index contributed by atoms with van der Waals surface area (Å²) in [5.74, 6) is 0. The minimum absolute atomic E-state index is 0.375. The Labute approximate surface area is 117 Å². The van der Waals surface area contributed by atoms with E-state index < -0.39 is 0 Å². The van der Waals surface area contributed by atoms with Gasteiger partial charge in [0, 0.05) is 44.8 Å². The van der Waals surface area contributed by atoms with E-state index in [1.54, 1.807) is 0 Å². The molecule has 2 rings (SSSR count). The lowest BCUT2D eigenvalue weighted by molar-refractivity contribution is 0.0883. The van der Waals surface area contributed by atoms with Gasteiger partial charge in [0.05, 0.1) is 6.07 Å². The summed E-state index contributed by atoms with van der Waals surface area (Å²) >= 11 is 0. The molecule has 1 aliphatic carbocycles. The van der Waals surface area contributed by atoms with Crippen molar-refractivity contribution in [3.63, 3.8) is 0 Å². The molecule has 2 aliphatic rings. The average molecular weight is 264 g/mol. The highest BCUT2D eigenvalue weighted by atomic mass is 15.3. The lowest BCUT2D eigenvalue weighted by Gasteiger charge is -2.40. The average Bonchev–Trinajstić information content (AvgIpc) is 3.22. The van der Waals surface area contributed by atoms with Crippen molar-refractivity contribution in [2.45, 2.75) is 57.7 Å². The first-order valence-corrected chi connectivity index (χ1v) is 7.71. The molecule has 4 heteroatoms. The third kappa shape index (κ3) is 4.17. The second-order valence-corrected chi connectivity index (χ2v) is 6.43. The Balaban J connectivity index is 1.79. The van der Waals surface area contributed by atoms with Crippen molar-refractivity contribution in [1.29, 1.82) is 5.26 Å². The molecule has 4 nitrogen and oxygen atoms in total. The molecule has 0 spiro atoms. The summed E-state index contributed by atoms with van der Waals surface area (Å²) in [6.45, 7) is 11.9. The van der Waals surface area contributed by atoms with Crippen LogP contribution in [0, 0.1) is 11.3 Å². The standard InChI is InChI=1S/C15H28N4/c1-4-13(2)19-9-7-18(8-10-19)12-15(3,11-16)17-14-5-6-14/h13-14,17H,4-10,12H2,1-3H3. The molecule has 108 valence electrons. The van der Waals surface area contributed by atoms with Crippen LogP contribution >= 0.6 is 0 Å². The Morgan fingerprint density at radius 2 is 1.95 bits per heavy atom. The molecule has 0 amide bonds. The number of nitrogens with zero attached hydrogens (tertiary/aromatic N) is 3. The molecule has 1 heterocycles. The number of hydrogen-bond acceptors (Lipinski definition) is 4. The van der Waals surface area contributed by atoms with E-state index >= 15 is 0 Å². The van der Waals surface area contributed by atoms with Crippen LogP contribution in [0.15, 0.2) is 0 Å². The monoisotopic (exact) mass is 264 g/mol. The first-order chi connectivity index (χ1) is 9.06. The highest BCUT2D eigenvalue weighted by molar-refractivity contribution is 5.09. The Morgan fingerprint density at radius 1 is 1.32 bits per heavy atom. The van der Waals surface area contributed by atoms with E-state index in [0.29, 0.717) is 12.1 Å². The molecule has 1 N–H and O–H groups in total. The number of nitriles is 1. The zero-order valence-electron chi connectivity index (χ0n) is 12.7. The fraction of sp³-hybridized carbons (Fsp3) is 0.933. The number of nitrogens with one attached hydrogen (secondary N) is 1. The third-order valence-corrected chi connectivity index (χ3v) is 4.51. The number of piperazine rings is 1. The van der Waals surface area contributed by atoms with Crippen LogP contribution in [-0.4, -0.2) is 60.1 Å². The van der Waals surface area contributed by atoms with Crippen molar-refractivity contribution in [1.82, 2.24) is 15.1 Å². The zero-order chi connectivity index (χ0) is 13.9. The lowest BCUT2D eigenvalue weighted by Crippen LogP contribution is -2.56. The fourth-order valence-electron chi connectivity index (χ4n) is 2.86. The van der Waals surface area contributed by atoms with E-state index in [-0.39, 0.29) is 5.54 Å². The van der Waals surface area contributed by atoms with Crippen molar-refractivity contribution in [3.05, 3.63) is 0 Å². The van der Waals surface area contributed by atoms with Gasteiger partial charge in [0.1, 0.15) is 5.54 Å². The molecule has 1 saturated carbocycles. The molecular formula is C15H28N4. The predicted molar refractivity (Wildman–Crippen MR) is 77.9 cm³/mol. The summed E-state index contributed by atoms with van der Waals surface area (Å²) in [5, 5.41) is 12.9. The van der Waals surface area contributed by atoms with Crippen LogP contribution in [0.25, 0.3) is 0 Å². The minimum Gasteiger partial charge on any atom is -0.298 e. The van der Waals surface area contributed by atoms with Gasteiger partial charge >= 0.3 is 0 Å². The SMILES string of the molecule is CCC(C)N1CCN(CC(C)(C#N)NC2CC2)CC1. The second-order valence-electron chi connectivity index (χ2n) is 6.43. The third-order valence-electron chi connectivity index (χ3n) is 4.51. The molecule has 0 radical (unpaired) electrons. The van der Waals surface area contributed by atoms with Crippen molar-refractivity contribution < 1.29 is 0 Å². The molecule has 0 aromatic rings. The van der Waals surface area contributed by atoms with Crippen molar-refractivity contribution in [2.24, 2.45) is 0 Å². The maximum absolute atomic E-state index is 9.42. The van der Waals surface area contributed by atoms with E-state index in [4.69, 9.17) is 0 Å². The summed E-state index contributed by atoms with van der Waals surface area (Å²) in [4.78, 5) is 5.01. The van der Waals surface area contributed by atoms with Crippen LogP contribution in [0.3, 0.4) is 0 Å². The Bertz CT molecular complexity index is 326. The van der Waals surface area contributed by atoms with Crippen LogP contribution in [0.4, 0.5) is 0 Å². The molecule has 0 aromatic heterocycles. The summed E-state index contributed by atoms with van der Waals surface area (Å²) in [6.07, 6.45) is 3.69. The van der Waals surface area contributed by atoms with Gasteiger partial charge in [-0.05, 0) is 33.1 Å². The van der Waals surface area contributed by atoms with Crippen LogP contribution in [0.5, 0.6) is 0 Å². The highest BCUT2D eigenvalue weighted by Gasteiger charge is 2.34. The van der Waals surface area contributed by atoms with Gasteiger partial charge in [-0.2, -0.15) is 5.26 Å². The molecule has 1 saturated heterocycles. The first-order valence-electron chi connectivity index (χ1n) is 7.71. The maximum Gasteiger partial charge on any atom is 0.116 e. The Morgan fingerprint density at radius 3 is 2.42 bits per heavy atom. The van der Waals surface area contributed by atoms with E-state index in [2.05, 4.69) is 35.0 Å². The van der Waals surface area contributed by atoms with Gasteiger partial charge < -0.3 is 0 Å². The molecule has 2 fully saturated rings. The van der Waals surface area contributed by atoms with Crippen LogP contribution < -0.4 is 5.32 Å². The Hall–Kier alpha value is -0.630. The fourth-order valence-corrected chi connectivity index (χ4v) is 2.86. The Kier molecular flexibility index (Phi) is 4.83. The summed E-state index contributed by atoms with van der Waals surface area (Å²) in [5.41, 5.74) is -0.375. The van der Waals surface area contributed by atoms with Gasteiger partial charge in [-0.3, -0.25) is 15.1 Å². The lowest BCUT2D eigenvalue weighted by atomic mass is 10.0. The van der Waals surface area contributed by atoms with Gasteiger partial charge in [0.15, 0.2) is 0 Å². The molecule has 2 atom stereocenters. The summed E-state index contributed by atoms with van der Waals surface area (Å²) in [7, 11) is 0. The molecule has 0 aromatic carbocycles. The van der Waals surface area contributed by atoms with Gasteiger partial charge in [-0.25, -0.2) is 0 Å². The summed E-state index contributed by atoms with van der Waals surface area (Å²) < 4.78 is 0. The number of hydrogen-bond donors (Lipinski definition) is 1. The predicted octanol–water partition coefficient (Wildman–Crippen LogP) is 1.44. The van der Waals surface area contributed by atoms with E-state index in [1.165, 1.54) is 19.3 Å². The molecular weight excluding hydrogens is 236 g/mol. The topological polar surface area (TPSA) is 42.3 Å². The zero-order valence-corrected chi connectivity index (χ0v) is 12.7. The minimum atomic E-state index is -0.375.